The molecule has 0 amide bonds. The van der Waals surface area contributed by atoms with E-state index in [0.717, 1.165) is 11.3 Å². The maximum Gasteiger partial charge on any atom is 0.118 e. The molecule has 1 atom stereocenters. The lowest BCUT2D eigenvalue weighted by Gasteiger charge is -2.06. The summed E-state index contributed by atoms with van der Waals surface area (Å²) in [6, 6.07) is 7.56. The van der Waals surface area contributed by atoms with Crippen molar-refractivity contribution in [1.82, 2.24) is 0 Å². The van der Waals surface area contributed by atoms with Crippen LogP contribution in [0.3, 0.4) is 0 Å². The third-order valence-corrected chi connectivity index (χ3v) is 1.75. The molecule has 0 aliphatic rings. The van der Waals surface area contributed by atoms with Crippen LogP contribution < -0.4 is 10.5 Å². The first-order valence-corrected chi connectivity index (χ1v) is 3.80. The summed E-state index contributed by atoms with van der Waals surface area (Å²) in [6.45, 7) is 3.62. The van der Waals surface area contributed by atoms with E-state index in [0.29, 0.717) is 0 Å². The quantitative estimate of drug-likeness (QED) is 0.759. The van der Waals surface area contributed by atoms with Crippen molar-refractivity contribution in [3.63, 3.8) is 0 Å². The van der Waals surface area contributed by atoms with E-state index in [9.17, 15) is 0 Å². The molecular formula is C10H14ClNO. The standard InChI is InChI=1S/C10H13NO.ClH/c1-3-10(11)8-4-6-9(12-2)7-5-8;/h3-7,10H,1,11H2,2H3;1H/t10-;/m1./s1. The molecule has 0 aromatic heterocycles. The van der Waals surface area contributed by atoms with E-state index in [4.69, 9.17) is 10.5 Å². The smallest absolute Gasteiger partial charge is 0.118 e. The van der Waals surface area contributed by atoms with Crippen LogP contribution in [0.25, 0.3) is 0 Å². The van der Waals surface area contributed by atoms with Gasteiger partial charge in [-0.25, -0.2) is 0 Å². The Kier molecular flexibility index (Phi) is 5.19. The summed E-state index contributed by atoms with van der Waals surface area (Å²) in [7, 11) is 1.64. The fourth-order valence-electron chi connectivity index (χ4n) is 0.962. The van der Waals surface area contributed by atoms with Crippen molar-refractivity contribution in [3.8, 4) is 5.75 Å². The number of benzene rings is 1. The predicted octanol–water partition coefficient (Wildman–Crippen LogP) is 2.30. The molecule has 1 aromatic rings. The maximum absolute atomic E-state index is 5.73. The highest BCUT2D eigenvalue weighted by atomic mass is 35.5. The Morgan fingerprint density at radius 3 is 2.31 bits per heavy atom. The highest BCUT2D eigenvalue weighted by molar-refractivity contribution is 5.85. The zero-order chi connectivity index (χ0) is 8.97. The molecule has 0 fully saturated rings. The SMILES string of the molecule is C=C[C@@H](N)c1ccc(OC)cc1.Cl. The van der Waals surface area contributed by atoms with E-state index in [1.54, 1.807) is 13.2 Å². The van der Waals surface area contributed by atoms with Crippen LogP contribution in [-0.4, -0.2) is 7.11 Å². The maximum atomic E-state index is 5.73. The summed E-state index contributed by atoms with van der Waals surface area (Å²) in [6.07, 6.45) is 1.71. The highest BCUT2D eigenvalue weighted by Crippen LogP contribution is 2.15. The van der Waals surface area contributed by atoms with E-state index in [-0.39, 0.29) is 18.4 Å². The average Bonchev–Trinajstić information content (AvgIpc) is 2.17. The van der Waals surface area contributed by atoms with Crippen LogP contribution in [-0.2, 0) is 0 Å². The van der Waals surface area contributed by atoms with Crippen LogP contribution in [0.15, 0.2) is 36.9 Å². The first kappa shape index (κ1) is 12.0. The molecule has 72 valence electrons. The molecule has 0 aliphatic carbocycles. The first-order valence-electron chi connectivity index (χ1n) is 3.80. The molecule has 2 nitrogen and oxygen atoms in total. The summed E-state index contributed by atoms with van der Waals surface area (Å²) in [4.78, 5) is 0. The van der Waals surface area contributed by atoms with Crippen LogP contribution in [0.1, 0.15) is 11.6 Å². The molecule has 2 N–H and O–H groups in total. The van der Waals surface area contributed by atoms with E-state index in [1.165, 1.54) is 0 Å². The number of hydrogen-bond donors (Lipinski definition) is 1. The molecule has 0 aliphatic heterocycles. The Morgan fingerprint density at radius 1 is 1.38 bits per heavy atom. The predicted molar refractivity (Wildman–Crippen MR) is 57.4 cm³/mol. The molecule has 0 radical (unpaired) electrons. The van der Waals surface area contributed by atoms with E-state index in [2.05, 4.69) is 6.58 Å². The fraction of sp³-hybridized carbons (Fsp3) is 0.200. The van der Waals surface area contributed by atoms with Gasteiger partial charge in [0.05, 0.1) is 7.11 Å². The van der Waals surface area contributed by atoms with Crippen molar-refractivity contribution in [1.29, 1.82) is 0 Å². The third kappa shape index (κ3) is 3.09. The van der Waals surface area contributed by atoms with Crippen molar-refractivity contribution < 1.29 is 4.74 Å². The van der Waals surface area contributed by atoms with E-state index >= 15 is 0 Å². The summed E-state index contributed by atoms with van der Waals surface area (Å²) in [5, 5.41) is 0. The zero-order valence-electron chi connectivity index (χ0n) is 7.57. The molecule has 1 rings (SSSR count). The molecule has 13 heavy (non-hydrogen) atoms. The van der Waals surface area contributed by atoms with Gasteiger partial charge in [-0.3, -0.25) is 0 Å². The highest BCUT2D eigenvalue weighted by Gasteiger charge is 1.99. The van der Waals surface area contributed by atoms with Crippen LogP contribution in [0, 0.1) is 0 Å². The summed E-state index contributed by atoms with van der Waals surface area (Å²) < 4.78 is 5.02. The lowest BCUT2D eigenvalue weighted by molar-refractivity contribution is 0.414. The molecule has 1 aromatic carbocycles. The van der Waals surface area contributed by atoms with Gasteiger partial charge in [0.2, 0.25) is 0 Å². The van der Waals surface area contributed by atoms with Gasteiger partial charge in [-0.2, -0.15) is 0 Å². The Morgan fingerprint density at radius 2 is 1.92 bits per heavy atom. The molecular weight excluding hydrogens is 186 g/mol. The molecule has 0 unspecified atom stereocenters. The van der Waals surface area contributed by atoms with Crippen LogP contribution in [0.5, 0.6) is 5.75 Å². The van der Waals surface area contributed by atoms with Crippen LogP contribution in [0.2, 0.25) is 0 Å². The molecule has 0 saturated heterocycles. The minimum Gasteiger partial charge on any atom is -0.497 e. The van der Waals surface area contributed by atoms with Gasteiger partial charge in [-0.15, -0.1) is 19.0 Å². The second kappa shape index (κ2) is 5.62. The van der Waals surface area contributed by atoms with Gasteiger partial charge in [-0.1, -0.05) is 18.2 Å². The summed E-state index contributed by atoms with van der Waals surface area (Å²) in [5.41, 5.74) is 6.77. The minimum atomic E-state index is -0.0871. The second-order valence-electron chi connectivity index (χ2n) is 2.53. The van der Waals surface area contributed by atoms with E-state index < -0.39 is 0 Å². The largest absolute Gasteiger partial charge is 0.497 e. The molecule has 0 heterocycles. The Labute approximate surface area is 84.8 Å². The van der Waals surface area contributed by atoms with Crippen molar-refractivity contribution in [3.05, 3.63) is 42.5 Å². The number of methoxy groups -OCH3 is 1. The number of ether oxygens (including phenoxy) is 1. The average molecular weight is 200 g/mol. The van der Waals surface area contributed by atoms with Crippen molar-refractivity contribution >= 4 is 12.4 Å². The molecule has 0 bridgehead atoms. The van der Waals surface area contributed by atoms with Gasteiger partial charge in [0.1, 0.15) is 5.75 Å². The Hall–Kier alpha value is -0.990. The lowest BCUT2D eigenvalue weighted by Crippen LogP contribution is -2.05. The number of nitrogens with two attached hydrogens (primary N) is 1. The van der Waals surface area contributed by atoms with Crippen molar-refractivity contribution in [2.75, 3.05) is 7.11 Å². The van der Waals surface area contributed by atoms with Gasteiger partial charge in [0.25, 0.3) is 0 Å². The van der Waals surface area contributed by atoms with Gasteiger partial charge >= 0.3 is 0 Å². The summed E-state index contributed by atoms with van der Waals surface area (Å²) >= 11 is 0. The molecule has 0 saturated carbocycles. The van der Waals surface area contributed by atoms with Crippen molar-refractivity contribution in [2.45, 2.75) is 6.04 Å². The third-order valence-electron chi connectivity index (χ3n) is 1.75. The summed E-state index contributed by atoms with van der Waals surface area (Å²) in [5.74, 6) is 0.843. The minimum absolute atomic E-state index is 0. The Bertz CT molecular complexity index is 258. The molecule has 0 spiro atoms. The fourth-order valence-corrected chi connectivity index (χ4v) is 0.962. The zero-order valence-corrected chi connectivity index (χ0v) is 8.38. The van der Waals surface area contributed by atoms with Gasteiger partial charge in [0, 0.05) is 6.04 Å². The van der Waals surface area contributed by atoms with Crippen molar-refractivity contribution in [2.24, 2.45) is 5.73 Å². The normalized spacial score (nSPS) is 11.2. The molecule has 3 heteroatoms. The monoisotopic (exact) mass is 199 g/mol. The first-order chi connectivity index (χ1) is 5.77. The lowest BCUT2D eigenvalue weighted by atomic mass is 10.1. The second-order valence-corrected chi connectivity index (χ2v) is 2.53. The van der Waals surface area contributed by atoms with Gasteiger partial charge in [-0.05, 0) is 17.7 Å². The Balaban J connectivity index is 0.00000144. The number of hydrogen-bond acceptors (Lipinski definition) is 2. The topological polar surface area (TPSA) is 35.2 Å². The number of halogens is 1. The van der Waals surface area contributed by atoms with Crippen LogP contribution >= 0.6 is 12.4 Å². The van der Waals surface area contributed by atoms with Crippen LogP contribution in [0.4, 0.5) is 0 Å². The van der Waals surface area contributed by atoms with E-state index in [1.807, 2.05) is 24.3 Å². The van der Waals surface area contributed by atoms with Gasteiger partial charge < -0.3 is 10.5 Å². The number of rotatable bonds is 3. The van der Waals surface area contributed by atoms with Gasteiger partial charge in [0.15, 0.2) is 0 Å².